The van der Waals surface area contributed by atoms with Gasteiger partial charge in [-0.2, -0.15) is 0 Å². The summed E-state index contributed by atoms with van der Waals surface area (Å²) in [5, 5.41) is 70.3. The van der Waals surface area contributed by atoms with Crippen LogP contribution in [0.3, 0.4) is 0 Å². The van der Waals surface area contributed by atoms with Gasteiger partial charge in [0.1, 0.15) is 36.6 Å². The fourth-order valence-corrected chi connectivity index (χ4v) is 2.23. The third kappa shape index (κ3) is 5.29. The molecule has 0 bridgehead atoms. The van der Waals surface area contributed by atoms with E-state index in [1.807, 2.05) is 0 Å². The van der Waals surface area contributed by atoms with Gasteiger partial charge in [-0.05, 0) is 14.0 Å². The molecule has 138 valence electrons. The monoisotopic (exact) mass is 341 g/mol. The zero-order valence-electron chi connectivity index (χ0n) is 13.1. The molecule has 23 heavy (non-hydrogen) atoms. The smallest absolute Gasteiger partial charge is 0.186 e. The number of aliphatic hydroxyl groups is 7. The van der Waals surface area contributed by atoms with E-state index in [2.05, 4.69) is 5.32 Å². The Kier molecular flexibility index (Phi) is 8.24. The molecular weight excluding hydrogens is 314 g/mol. The molecule has 0 aliphatic carbocycles. The molecule has 0 aromatic heterocycles. The topological polar surface area (TPSA) is 172 Å². The summed E-state index contributed by atoms with van der Waals surface area (Å²) in [6.07, 6.45) is -12.6. The minimum atomic E-state index is -1.69. The molecule has 0 aromatic carbocycles. The van der Waals surface area contributed by atoms with Crippen LogP contribution in [0.5, 0.6) is 0 Å². The Bertz CT molecular complexity index is 347. The van der Waals surface area contributed by atoms with Crippen molar-refractivity contribution in [3.05, 3.63) is 0 Å². The number of likely N-dealkylation sites (N-methyl/N-ethyl adjacent to an activating group) is 1. The predicted octanol–water partition coefficient (Wildman–Crippen LogP) is -4.51. The van der Waals surface area contributed by atoms with E-state index in [1.54, 1.807) is 7.05 Å². The fraction of sp³-hybridized carbons (Fsp3) is 1.00. The third-order valence-electron chi connectivity index (χ3n) is 3.79. The lowest BCUT2D eigenvalue weighted by Crippen LogP contribution is -2.58. The Labute approximate surface area is 133 Å². The van der Waals surface area contributed by atoms with Gasteiger partial charge in [0, 0.05) is 6.54 Å². The molecule has 1 aliphatic rings. The van der Waals surface area contributed by atoms with Gasteiger partial charge in [0.2, 0.25) is 0 Å². The minimum Gasteiger partial charge on any atom is -0.389 e. The minimum absolute atomic E-state index is 0.0118. The molecule has 1 saturated heterocycles. The maximum absolute atomic E-state index is 9.79. The van der Waals surface area contributed by atoms with Crippen molar-refractivity contribution in [3.8, 4) is 0 Å². The summed E-state index contributed by atoms with van der Waals surface area (Å²) >= 11 is 0. The fourth-order valence-electron chi connectivity index (χ4n) is 2.23. The van der Waals surface area contributed by atoms with Crippen LogP contribution >= 0.6 is 0 Å². The highest BCUT2D eigenvalue weighted by Crippen LogP contribution is 2.22. The lowest BCUT2D eigenvalue weighted by atomic mass is 10.00. The van der Waals surface area contributed by atoms with Crippen LogP contribution in [-0.4, -0.2) is 111 Å². The molecule has 0 saturated carbocycles. The molecule has 8 N–H and O–H groups in total. The molecular formula is C13H27NO9. The van der Waals surface area contributed by atoms with Crippen molar-refractivity contribution in [3.63, 3.8) is 0 Å². The number of hydrogen-bond acceptors (Lipinski definition) is 10. The number of ether oxygens (including phenoxy) is 2. The SMILES string of the molecule is CNCC(O)C(O)[C@H](O)C(O)CO[C@H]1OC(C)[C@@H](O)C(O)C1O. The third-order valence-corrected chi connectivity index (χ3v) is 3.79. The van der Waals surface area contributed by atoms with Crippen molar-refractivity contribution in [2.45, 2.75) is 62.0 Å². The van der Waals surface area contributed by atoms with E-state index in [-0.39, 0.29) is 6.54 Å². The highest BCUT2D eigenvalue weighted by Gasteiger charge is 2.43. The molecule has 9 atom stereocenters. The Morgan fingerprint density at radius 2 is 1.52 bits per heavy atom. The van der Waals surface area contributed by atoms with Gasteiger partial charge < -0.3 is 50.5 Å². The van der Waals surface area contributed by atoms with Crippen molar-refractivity contribution >= 4 is 0 Å². The molecule has 10 nitrogen and oxygen atoms in total. The summed E-state index contributed by atoms with van der Waals surface area (Å²) in [6, 6.07) is 0. The zero-order valence-corrected chi connectivity index (χ0v) is 13.1. The summed E-state index contributed by atoms with van der Waals surface area (Å²) in [7, 11) is 1.55. The zero-order chi connectivity index (χ0) is 17.7. The Morgan fingerprint density at radius 3 is 2.09 bits per heavy atom. The summed E-state index contributed by atoms with van der Waals surface area (Å²) in [6.45, 7) is 0.957. The highest BCUT2D eigenvalue weighted by molar-refractivity contribution is 4.88. The van der Waals surface area contributed by atoms with Gasteiger partial charge in [0.05, 0.1) is 18.8 Å². The molecule has 1 aliphatic heterocycles. The molecule has 10 heteroatoms. The number of nitrogens with one attached hydrogen (secondary N) is 1. The van der Waals surface area contributed by atoms with E-state index < -0.39 is 61.7 Å². The lowest BCUT2D eigenvalue weighted by Gasteiger charge is -2.39. The van der Waals surface area contributed by atoms with Gasteiger partial charge in [0.25, 0.3) is 0 Å². The van der Waals surface area contributed by atoms with Crippen molar-refractivity contribution in [1.29, 1.82) is 0 Å². The van der Waals surface area contributed by atoms with E-state index in [0.29, 0.717) is 0 Å². The number of rotatable bonds is 8. The van der Waals surface area contributed by atoms with Gasteiger partial charge in [-0.15, -0.1) is 0 Å². The van der Waals surface area contributed by atoms with Crippen LogP contribution in [0.25, 0.3) is 0 Å². The molecule has 0 aromatic rings. The summed E-state index contributed by atoms with van der Waals surface area (Å²) in [4.78, 5) is 0. The Hall–Kier alpha value is -0.400. The maximum Gasteiger partial charge on any atom is 0.186 e. The first-order chi connectivity index (χ1) is 10.7. The summed E-state index contributed by atoms with van der Waals surface area (Å²) < 4.78 is 10.3. The van der Waals surface area contributed by atoms with Gasteiger partial charge in [-0.3, -0.25) is 0 Å². The van der Waals surface area contributed by atoms with Gasteiger partial charge in [0.15, 0.2) is 6.29 Å². The van der Waals surface area contributed by atoms with Crippen LogP contribution in [-0.2, 0) is 9.47 Å². The van der Waals surface area contributed by atoms with Crippen molar-refractivity contribution in [1.82, 2.24) is 5.32 Å². The van der Waals surface area contributed by atoms with E-state index in [9.17, 15) is 35.7 Å². The van der Waals surface area contributed by atoms with E-state index in [1.165, 1.54) is 6.92 Å². The summed E-state index contributed by atoms with van der Waals surface area (Å²) in [5.41, 5.74) is 0. The van der Waals surface area contributed by atoms with Crippen molar-refractivity contribution in [2.75, 3.05) is 20.2 Å². The largest absolute Gasteiger partial charge is 0.389 e. The van der Waals surface area contributed by atoms with Gasteiger partial charge in [-0.25, -0.2) is 0 Å². The molecule has 0 spiro atoms. The Morgan fingerprint density at radius 1 is 0.957 bits per heavy atom. The molecule has 0 radical (unpaired) electrons. The number of hydrogen-bond donors (Lipinski definition) is 8. The van der Waals surface area contributed by atoms with E-state index in [0.717, 1.165) is 0 Å². The van der Waals surface area contributed by atoms with Crippen LogP contribution in [0.2, 0.25) is 0 Å². The van der Waals surface area contributed by atoms with E-state index in [4.69, 9.17) is 9.47 Å². The second-order valence-corrected chi connectivity index (χ2v) is 5.69. The van der Waals surface area contributed by atoms with Gasteiger partial charge in [-0.1, -0.05) is 0 Å². The van der Waals surface area contributed by atoms with Crippen LogP contribution in [0.1, 0.15) is 6.92 Å². The molecule has 0 amide bonds. The first-order valence-corrected chi connectivity index (χ1v) is 7.38. The molecule has 1 fully saturated rings. The summed E-state index contributed by atoms with van der Waals surface area (Å²) in [5.74, 6) is 0. The molecule has 1 rings (SSSR count). The van der Waals surface area contributed by atoms with Crippen LogP contribution in [0, 0.1) is 0 Å². The second-order valence-electron chi connectivity index (χ2n) is 5.69. The number of aliphatic hydroxyl groups excluding tert-OH is 7. The predicted molar refractivity (Wildman–Crippen MR) is 76.3 cm³/mol. The first-order valence-electron chi connectivity index (χ1n) is 7.38. The lowest BCUT2D eigenvalue weighted by molar-refractivity contribution is -0.299. The van der Waals surface area contributed by atoms with Crippen LogP contribution in [0.4, 0.5) is 0 Å². The normalized spacial score (nSPS) is 37.2. The average Bonchev–Trinajstić information content (AvgIpc) is 2.53. The quantitative estimate of drug-likeness (QED) is 0.215. The van der Waals surface area contributed by atoms with E-state index >= 15 is 0 Å². The average molecular weight is 341 g/mol. The standard InChI is InChI=1S/C13H27NO9/c1-5-8(17)11(20)12(21)13(23-5)22-4-7(16)10(19)9(18)6(15)3-14-2/h5-21H,3-4H2,1-2H3/t5?,6?,7?,8-,9?,10-,11?,12?,13+/m1/s1. The van der Waals surface area contributed by atoms with Gasteiger partial charge >= 0.3 is 0 Å². The van der Waals surface area contributed by atoms with Crippen LogP contribution in [0.15, 0.2) is 0 Å². The molecule has 6 unspecified atom stereocenters. The second kappa shape index (κ2) is 9.18. The highest BCUT2D eigenvalue weighted by atomic mass is 16.7. The Balaban J connectivity index is 2.50. The van der Waals surface area contributed by atoms with Crippen molar-refractivity contribution in [2.24, 2.45) is 0 Å². The van der Waals surface area contributed by atoms with Crippen molar-refractivity contribution < 1.29 is 45.2 Å². The van der Waals surface area contributed by atoms with Crippen LogP contribution < -0.4 is 5.32 Å². The molecule has 1 heterocycles. The maximum atomic E-state index is 9.79. The first kappa shape index (κ1) is 20.6.